The predicted molar refractivity (Wildman–Crippen MR) is 84.0 cm³/mol. The van der Waals surface area contributed by atoms with Crippen LogP contribution in [-0.2, 0) is 11.2 Å². The van der Waals surface area contributed by atoms with Crippen LogP contribution in [0.25, 0.3) is 5.69 Å². The number of carbonyl (C=O) groups excluding carboxylic acids is 1. The van der Waals surface area contributed by atoms with Crippen LogP contribution in [0.3, 0.4) is 0 Å². The maximum absolute atomic E-state index is 12.1. The third-order valence-corrected chi connectivity index (χ3v) is 3.54. The first-order valence-electron chi connectivity index (χ1n) is 7.05. The van der Waals surface area contributed by atoms with Crippen molar-refractivity contribution >= 4 is 11.9 Å². The molecule has 1 aromatic carbocycles. The number of amides is 1. The van der Waals surface area contributed by atoms with Crippen LogP contribution in [0.15, 0.2) is 42.7 Å². The Labute approximate surface area is 128 Å². The van der Waals surface area contributed by atoms with Gasteiger partial charge in [-0.3, -0.25) is 10.1 Å². The van der Waals surface area contributed by atoms with Crippen molar-refractivity contribution in [2.24, 2.45) is 0 Å². The first-order chi connectivity index (χ1) is 10.6. The fraction of sp³-hybridized carbons (Fsp3) is 0.188. The second kappa shape index (κ2) is 5.85. The largest absolute Gasteiger partial charge is 0.331 e. The van der Waals surface area contributed by atoms with E-state index in [4.69, 9.17) is 0 Å². The number of nitrogens with zero attached hydrogens (tertiary/aromatic N) is 3. The molecule has 0 saturated carbocycles. The van der Waals surface area contributed by atoms with Gasteiger partial charge in [0.2, 0.25) is 11.9 Å². The molecule has 112 valence electrons. The Morgan fingerprint density at radius 1 is 1.27 bits per heavy atom. The van der Waals surface area contributed by atoms with Crippen LogP contribution >= 0.6 is 0 Å². The Balaban J connectivity index is 1.83. The minimum atomic E-state index is -0.117. The van der Waals surface area contributed by atoms with Crippen LogP contribution in [-0.4, -0.2) is 25.7 Å². The smallest absolute Gasteiger partial charge is 0.231 e. The summed E-state index contributed by atoms with van der Waals surface area (Å²) in [5, 5.41) is 7.27. The highest BCUT2D eigenvalue weighted by atomic mass is 16.1. The van der Waals surface area contributed by atoms with Gasteiger partial charge in [-0.1, -0.05) is 18.2 Å². The highest BCUT2D eigenvalue weighted by Crippen LogP contribution is 2.18. The molecule has 0 aliphatic carbocycles. The van der Waals surface area contributed by atoms with Crippen molar-refractivity contribution in [2.45, 2.75) is 20.3 Å². The van der Waals surface area contributed by atoms with Crippen LogP contribution < -0.4 is 5.32 Å². The fourth-order valence-corrected chi connectivity index (χ4v) is 2.42. The summed E-state index contributed by atoms with van der Waals surface area (Å²) in [5.41, 5.74) is 3.75. The second-order valence-corrected chi connectivity index (χ2v) is 5.06. The molecule has 0 aliphatic rings. The van der Waals surface area contributed by atoms with Crippen molar-refractivity contribution in [3.05, 3.63) is 59.7 Å². The maximum atomic E-state index is 12.1. The van der Waals surface area contributed by atoms with Gasteiger partial charge < -0.3 is 4.98 Å². The van der Waals surface area contributed by atoms with E-state index in [-0.39, 0.29) is 12.3 Å². The average Bonchev–Trinajstić information content (AvgIpc) is 3.11. The van der Waals surface area contributed by atoms with E-state index in [1.165, 1.54) is 0 Å². The van der Waals surface area contributed by atoms with Gasteiger partial charge in [0.05, 0.1) is 17.8 Å². The second-order valence-electron chi connectivity index (χ2n) is 5.06. The quantitative estimate of drug-likeness (QED) is 0.776. The number of aromatic amines is 1. The Bertz CT molecular complexity index is 774. The van der Waals surface area contributed by atoms with E-state index in [2.05, 4.69) is 20.4 Å². The number of nitrogens with one attached hydrogen (secondary N) is 2. The molecule has 2 N–H and O–H groups in total. The van der Waals surface area contributed by atoms with E-state index < -0.39 is 0 Å². The SMILES string of the molecule is Cc1nn(-c2ccccc2)c(C)c1CC(=O)Nc1ncc[nH]1. The number of aryl methyl sites for hydroxylation is 1. The Morgan fingerprint density at radius 3 is 2.73 bits per heavy atom. The zero-order valence-electron chi connectivity index (χ0n) is 12.5. The molecule has 1 amide bonds. The summed E-state index contributed by atoms with van der Waals surface area (Å²) in [6.07, 6.45) is 3.53. The first kappa shape index (κ1) is 14.1. The van der Waals surface area contributed by atoms with Gasteiger partial charge in [0, 0.05) is 23.7 Å². The summed E-state index contributed by atoms with van der Waals surface area (Å²) < 4.78 is 1.87. The molecular formula is C16H17N5O. The summed E-state index contributed by atoms with van der Waals surface area (Å²) in [6, 6.07) is 9.88. The molecule has 0 spiro atoms. The molecule has 2 heterocycles. The Kier molecular flexibility index (Phi) is 3.74. The molecule has 0 aliphatic heterocycles. The van der Waals surface area contributed by atoms with E-state index in [1.54, 1.807) is 12.4 Å². The molecule has 0 radical (unpaired) electrons. The van der Waals surface area contributed by atoms with Gasteiger partial charge >= 0.3 is 0 Å². The number of hydrogen-bond donors (Lipinski definition) is 2. The van der Waals surface area contributed by atoms with Crippen molar-refractivity contribution in [1.82, 2.24) is 19.7 Å². The number of imidazole rings is 1. The topological polar surface area (TPSA) is 75.6 Å². The molecule has 2 aromatic heterocycles. The summed E-state index contributed by atoms with van der Waals surface area (Å²) in [5.74, 6) is 0.338. The molecular weight excluding hydrogens is 278 g/mol. The number of hydrogen-bond acceptors (Lipinski definition) is 3. The minimum Gasteiger partial charge on any atom is -0.331 e. The van der Waals surface area contributed by atoms with E-state index in [0.29, 0.717) is 5.95 Å². The zero-order valence-corrected chi connectivity index (χ0v) is 12.5. The van der Waals surface area contributed by atoms with Crippen molar-refractivity contribution in [1.29, 1.82) is 0 Å². The number of H-pyrrole nitrogens is 1. The van der Waals surface area contributed by atoms with E-state index in [1.807, 2.05) is 48.9 Å². The van der Waals surface area contributed by atoms with Crippen molar-refractivity contribution in [2.75, 3.05) is 5.32 Å². The molecule has 3 aromatic rings. The normalized spacial score (nSPS) is 10.6. The van der Waals surface area contributed by atoms with Crippen LogP contribution in [0, 0.1) is 13.8 Å². The summed E-state index contributed by atoms with van der Waals surface area (Å²) in [4.78, 5) is 19.0. The van der Waals surface area contributed by atoms with Gasteiger partial charge in [0.1, 0.15) is 0 Å². The Morgan fingerprint density at radius 2 is 2.05 bits per heavy atom. The highest BCUT2D eigenvalue weighted by molar-refractivity contribution is 5.90. The molecule has 3 rings (SSSR count). The van der Waals surface area contributed by atoms with E-state index in [0.717, 1.165) is 22.6 Å². The number of para-hydroxylation sites is 1. The van der Waals surface area contributed by atoms with Gasteiger partial charge in [0.15, 0.2) is 0 Å². The summed E-state index contributed by atoms with van der Waals surface area (Å²) in [7, 11) is 0. The van der Waals surface area contributed by atoms with Crippen LogP contribution in [0.4, 0.5) is 5.95 Å². The molecule has 22 heavy (non-hydrogen) atoms. The molecule has 0 saturated heterocycles. The summed E-state index contributed by atoms with van der Waals surface area (Å²) in [6.45, 7) is 3.89. The summed E-state index contributed by atoms with van der Waals surface area (Å²) >= 11 is 0. The van der Waals surface area contributed by atoms with Gasteiger partial charge in [0.25, 0.3) is 0 Å². The third-order valence-electron chi connectivity index (χ3n) is 3.54. The van der Waals surface area contributed by atoms with Gasteiger partial charge in [-0.2, -0.15) is 5.10 Å². The maximum Gasteiger partial charge on any atom is 0.231 e. The van der Waals surface area contributed by atoms with Crippen LogP contribution in [0.2, 0.25) is 0 Å². The Hall–Kier alpha value is -2.89. The van der Waals surface area contributed by atoms with Gasteiger partial charge in [-0.15, -0.1) is 0 Å². The molecule has 0 bridgehead atoms. The number of benzene rings is 1. The third kappa shape index (κ3) is 2.76. The minimum absolute atomic E-state index is 0.117. The highest BCUT2D eigenvalue weighted by Gasteiger charge is 2.16. The molecule has 6 heteroatoms. The number of aromatic nitrogens is 4. The van der Waals surface area contributed by atoms with Crippen LogP contribution in [0.5, 0.6) is 0 Å². The van der Waals surface area contributed by atoms with E-state index >= 15 is 0 Å². The van der Waals surface area contributed by atoms with Gasteiger partial charge in [-0.05, 0) is 26.0 Å². The predicted octanol–water partition coefficient (Wildman–Crippen LogP) is 2.39. The first-order valence-corrected chi connectivity index (χ1v) is 7.05. The molecule has 6 nitrogen and oxygen atoms in total. The molecule has 0 unspecified atom stereocenters. The van der Waals surface area contributed by atoms with Crippen molar-refractivity contribution in [3.8, 4) is 5.69 Å². The van der Waals surface area contributed by atoms with Crippen molar-refractivity contribution < 1.29 is 4.79 Å². The lowest BCUT2D eigenvalue weighted by atomic mass is 10.1. The van der Waals surface area contributed by atoms with Crippen molar-refractivity contribution in [3.63, 3.8) is 0 Å². The van der Waals surface area contributed by atoms with Gasteiger partial charge in [-0.25, -0.2) is 9.67 Å². The standard InChI is InChI=1S/C16H17N5O/c1-11-14(10-15(22)19-16-17-8-9-18-16)12(2)21(20-11)13-6-4-3-5-7-13/h3-9H,10H2,1-2H3,(H2,17,18,19,22). The number of rotatable bonds is 4. The molecule has 0 atom stereocenters. The number of anilines is 1. The van der Waals surface area contributed by atoms with E-state index in [9.17, 15) is 4.79 Å². The fourth-order valence-electron chi connectivity index (χ4n) is 2.42. The lowest BCUT2D eigenvalue weighted by Gasteiger charge is -2.05. The lowest BCUT2D eigenvalue weighted by Crippen LogP contribution is -2.16. The lowest BCUT2D eigenvalue weighted by molar-refractivity contribution is -0.115. The number of carbonyl (C=O) groups is 1. The molecule has 0 fully saturated rings. The monoisotopic (exact) mass is 295 g/mol. The zero-order chi connectivity index (χ0) is 15.5. The average molecular weight is 295 g/mol. The van der Waals surface area contributed by atoms with Crippen LogP contribution in [0.1, 0.15) is 17.0 Å².